The van der Waals surface area contributed by atoms with E-state index >= 15 is 0 Å². The molecule has 0 fully saturated rings. The third-order valence-electron chi connectivity index (χ3n) is 4.86. The second kappa shape index (κ2) is 9.37. The van der Waals surface area contributed by atoms with Crippen LogP contribution < -0.4 is 4.90 Å². The van der Waals surface area contributed by atoms with E-state index in [-0.39, 0.29) is 11.7 Å². The molecule has 0 aromatic heterocycles. The molecule has 0 radical (unpaired) electrons. The Balaban J connectivity index is 2.33. The van der Waals surface area contributed by atoms with E-state index in [0.29, 0.717) is 6.54 Å². The molecule has 1 amide bonds. The molecule has 2 aromatic carbocycles. The van der Waals surface area contributed by atoms with E-state index < -0.39 is 0 Å². The first-order valence-electron chi connectivity index (χ1n) is 9.28. The standard InChI is InChI=1S/C22H29FN2O/c1-5-25(6-2)22-12-8-10-19(21(22)16-24(4)17(3)26)14-13-18-9-7-11-20(23)15-18/h7-12,15H,5-6,13-14,16H2,1-4H3. The zero-order chi connectivity index (χ0) is 19.1. The van der Waals surface area contributed by atoms with E-state index in [0.717, 1.165) is 31.5 Å². The predicted octanol–water partition coefficient (Wildman–Crippen LogP) is 4.44. The minimum atomic E-state index is -0.198. The number of benzene rings is 2. The van der Waals surface area contributed by atoms with E-state index in [1.807, 2.05) is 13.1 Å². The van der Waals surface area contributed by atoms with Crippen molar-refractivity contribution in [3.05, 3.63) is 65.0 Å². The van der Waals surface area contributed by atoms with Gasteiger partial charge < -0.3 is 9.80 Å². The lowest BCUT2D eigenvalue weighted by molar-refractivity contribution is -0.128. The Bertz CT molecular complexity index is 741. The highest BCUT2D eigenvalue weighted by atomic mass is 19.1. The molecule has 0 heterocycles. The Hall–Kier alpha value is -2.36. The van der Waals surface area contributed by atoms with Crippen LogP contribution in [0.4, 0.5) is 10.1 Å². The minimum Gasteiger partial charge on any atom is -0.372 e. The number of carbonyl (C=O) groups excluding carboxylic acids is 1. The number of rotatable bonds is 8. The maximum Gasteiger partial charge on any atom is 0.219 e. The number of hydrogen-bond donors (Lipinski definition) is 0. The summed E-state index contributed by atoms with van der Waals surface area (Å²) >= 11 is 0. The Morgan fingerprint density at radius 2 is 1.73 bits per heavy atom. The molecule has 0 aliphatic heterocycles. The lowest BCUT2D eigenvalue weighted by atomic mass is 9.97. The van der Waals surface area contributed by atoms with Crippen molar-refractivity contribution in [1.29, 1.82) is 0 Å². The van der Waals surface area contributed by atoms with Crippen LogP contribution in [0.1, 0.15) is 37.5 Å². The normalized spacial score (nSPS) is 10.7. The summed E-state index contributed by atoms with van der Waals surface area (Å²) in [5.74, 6) is -0.147. The number of amides is 1. The van der Waals surface area contributed by atoms with Crippen LogP contribution in [0.2, 0.25) is 0 Å². The number of carbonyl (C=O) groups is 1. The van der Waals surface area contributed by atoms with Crippen LogP contribution in [0.15, 0.2) is 42.5 Å². The summed E-state index contributed by atoms with van der Waals surface area (Å²) in [6.07, 6.45) is 1.59. The predicted molar refractivity (Wildman–Crippen MR) is 106 cm³/mol. The van der Waals surface area contributed by atoms with Gasteiger partial charge in [-0.2, -0.15) is 0 Å². The molecular weight excluding hydrogens is 327 g/mol. The molecule has 0 bridgehead atoms. The Morgan fingerprint density at radius 3 is 2.35 bits per heavy atom. The molecule has 3 nitrogen and oxygen atoms in total. The van der Waals surface area contributed by atoms with E-state index in [4.69, 9.17) is 0 Å². The SMILES string of the molecule is CCN(CC)c1cccc(CCc2cccc(F)c2)c1CN(C)C(C)=O. The van der Waals surface area contributed by atoms with Crippen LogP contribution in [0.5, 0.6) is 0 Å². The van der Waals surface area contributed by atoms with Crippen molar-refractivity contribution in [2.45, 2.75) is 40.2 Å². The number of hydrogen-bond acceptors (Lipinski definition) is 2. The van der Waals surface area contributed by atoms with Crippen molar-refractivity contribution in [2.24, 2.45) is 0 Å². The molecule has 0 saturated carbocycles. The van der Waals surface area contributed by atoms with E-state index in [9.17, 15) is 9.18 Å². The van der Waals surface area contributed by atoms with Gasteiger partial charge in [-0.15, -0.1) is 0 Å². The van der Waals surface area contributed by atoms with Crippen LogP contribution in [0, 0.1) is 5.82 Å². The molecule has 0 unspecified atom stereocenters. The molecular formula is C22H29FN2O. The van der Waals surface area contributed by atoms with Crippen molar-refractivity contribution >= 4 is 11.6 Å². The van der Waals surface area contributed by atoms with Crippen molar-refractivity contribution in [2.75, 3.05) is 25.0 Å². The van der Waals surface area contributed by atoms with E-state index in [2.05, 4.69) is 36.9 Å². The van der Waals surface area contributed by atoms with E-state index in [1.165, 1.54) is 22.9 Å². The Labute approximate surface area is 156 Å². The first-order valence-corrected chi connectivity index (χ1v) is 9.28. The average molecular weight is 356 g/mol. The second-order valence-corrected chi connectivity index (χ2v) is 6.59. The van der Waals surface area contributed by atoms with Crippen molar-refractivity contribution in [3.8, 4) is 0 Å². The van der Waals surface area contributed by atoms with Crippen LogP contribution in [0.25, 0.3) is 0 Å². The second-order valence-electron chi connectivity index (χ2n) is 6.59. The molecule has 0 aliphatic carbocycles. The van der Waals surface area contributed by atoms with Crippen molar-refractivity contribution in [1.82, 2.24) is 4.90 Å². The lowest BCUT2D eigenvalue weighted by Crippen LogP contribution is -2.28. The lowest BCUT2D eigenvalue weighted by Gasteiger charge is -2.28. The first kappa shape index (κ1) is 20.0. The zero-order valence-electron chi connectivity index (χ0n) is 16.3. The number of aryl methyl sites for hydroxylation is 2. The summed E-state index contributed by atoms with van der Waals surface area (Å²) in [5, 5.41) is 0. The molecule has 0 atom stereocenters. The molecule has 0 aliphatic rings. The van der Waals surface area contributed by atoms with Crippen LogP contribution in [0.3, 0.4) is 0 Å². The summed E-state index contributed by atoms with van der Waals surface area (Å²) < 4.78 is 13.4. The smallest absolute Gasteiger partial charge is 0.219 e. The molecule has 4 heteroatoms. The largest absolute Gasteiger partial charge is 0.372 e. The first-order chi connectivity index (χ1) is 12.5. The molecule has 0 saturated heterocycles. The quantitative estimate of drug-likeness (QED) is 0.698. The van der Waals surface area contributed by atoms with Gasteiger partial charge >= 0.3 is 0 Å². The molecule has 2 rings (SSSR count). The van der Waals surface area contributed by atoms with Gasteiger partial charge in [0, 0.05) is 39.3 Å². The molecule has 26 heavy (non-hydrogen) atoms. The van der Waals surface area contributed by atoms with Crippen molar-refractivity contribution < 1.29 is 9.18 Å². The number of halogens is 1. The van der Waals surface area contributed by atoms with Gasteiger partial charge in [0.15, 0.2) is 0 Å². The van der Waals surface area contributed by atoms with Gasteiger partial charge in [0.2, 0.25) is 5.91 Å². The van der Waals surface area contributed by atoms with Gasteiger partial charge in [-0.3, -0.25) is 4.79 Å². The monoisotopic (exact) mass is 356 g/mol. The van der Waals surface area contributed by atoms with Crippen LogP contribution >= 0.6 is 0 Å². The Kier molecular flexibility index (Phi) is 7.19. The molecule has 140 valence electrons. The van der Waals surface area contributed by atoms with Gasteiger partial charge in [-0.25, -0.2) is 4.39 Å². The summed E-state index contributed by atoms with van der Waals surface area (Å²) in [6.45, 7) is 8.29. The molecule has 0 N–H and O–H groups in total. The average Bonchev–Trinajstić information content (AvgIpc) is 2.62. The number of anilines is 1. The fourth-order valence-electron chi connectivity index (χ4n) is 3.22. The highest BCUT2D eigenvalue weighted by molar-refractivity contribution is 5.73. The highest BCUT2D eigenvalue weighted by Gasteiger charge is 2.15. The fourth-order valence-corrected chi connectivity index (χ4v) is 3.22. The van der Waals surface area contributed by atoms with Gasteiger partial charge in [-0.05, 0) is 61.6 Å². The van der Waals surface area contributed by atoms with Crippen molar-refractivity contribution in [3.63, 3.8) is 0 Å². The third kappa shape index (κ3) is 5.07. The third-order valence-corrected chi connectivity index (χ3v) is 4.86. The van der Waals surface area contributed by atoms with Crippen LogP contribution in [-0.4, -0.2) is 30.9 Å². The van der Waals surface area contributed by atoms with Gasteiger partial charge in [0.1, 0.15) is 5.82 Å². The summed E-state index contributed by atoms with van der Waals surface area (Å²) in [7, 11) is 1.83. The topological polar surface area (TPSA) is 23.6 Å². The summed E-state index contributed by atoms with van der Waals surface area (Å²) in [6, 6.07) is 13.1. The van der Waals surface area contributed by atoms with Gasteiger partial charge in [0.05, 0.1) is 0 Å². The van der Waals surface area contributed by atoms with E-state index in [1.54, 1.807) is 24.0 Å². The van der Waals surface area contributed by atoms with Gasteiger partial charge in [-0.1, -0.05) is 24.3 Å². The number of nitrogens with zero attached hydrogens (tertiary/aromatic N) is 2. The minimum absolute atomic E-state index is 0.0513. The summed E-state index contributed by atoms with van der Waals surface area (Å²) in [5.41, 5.74) is 4.57. The zero-order valence-corrected chi connectivity index (χ0v) is 16.3. The molecule has 0 spiro atoms. The summed E-state index contributed by atoms with van der Waals surface area (Å²) in [4.78, 5) is 15.8. The fraction of sp³-hybridized carbons (Fsp3) is 0.409. The Morgan fingerprint density at radius 1 is 1.04 bits per heavy atom. The highest BCUT2D eigenvalue weighted by Crippen LogP contribution is 2.27. The molecule has 2 aromatic rings. The van der Waals surface area contributed by atoms with Gasteiger partial charge in [0.25, 0.3) is 0 Å². The van der Waals surface area contributed by atoms with Crippen LogP contribution in [-0.2, 0) is 24.2 Å². The maximum absolute atomic E-state index is 13.4. The maximum atomic E-state index is 13.4.